The minimum atomic E-state index is 0.405. The summed E-state index contributed by atoms with van der Waals surface area (Å²) in [5.41, 5.74) is 3.27. The Labute approximate surface area is 92.9 Å². The van der Waals surface area contributed by atoms with Gasteiger partial charge in [0.1, 0.15) is 0 Å². The molecule has 0 aromatic heterocycles. The van der Waals surface area contributed by atoms with Crippen LogP contribution in [-0.2, 0) is 5.41 Å². The van der Waals surface area contributed by atoms with Gasteiger partial charge in [-0.25, -0.2) is 0 Å². The van der Waals surface area contributed by atoms with Gasteiger partial charge in [-0.15, -0.1) is 0 Å². The van der Waals surface area contributed by atoms with Gasteiger partial charge in [-0.1, -0.05) is 36.8 Å². The van der Waals surface area contributed by atoms with E-state index in [-0.39, 0.29) is 0 Å². The van der Waals surface area contributed by atoms with Crippen molar-refractivity contribution in [1.29, 1.82) is 0 Å². The quantitative estimate of drug-likeness (QED) is 0.796. The monoisotopic (exact) mass is 203 g/mol. The molecule has 1 aromatic carbocycles. The Morgan fingerprint density at radius 2 is 2.00 bits per heavy atom. The van der Waals surface area contributed by atoms with Gasteiger partial charge in [0.05, 0.1) is 0 Å². The molecule has 0 heterocycles. The molecule has 1 aliphatic rings. The summed E-state index contributed by atoms with van der Waals surface area (Å²) in [7, 11) is 2.06. The second-order valence-corrected chi connectivity index (χ2v) is 4.99. The predicted molar refractivity (Wildman–Crippen MR) is 65.2 cm³/mol. The number of nitrogens with one attached hydrogen (secondary N) is 1. The molecule has 1 fully saturated rings. The Balaban J connectivity index is 2.29. The van der Waals surface area contributed by atoms with Gasteiger partial charge in [0.15, 0.2) is 0 Å². The van der Waals surface area contributed by atoms with E-state index in [0.29, 0.717) is 5.41 Å². The molecule has 2 atom stereocenters. The summed E-state index contributed by atoms with van der Waals surface area (Å²) in [6.45, 7) is 5.64. The van der Waals surface area contributed by atoms with Crippen LogP contribution in [0.4, 0.5) is 0 Å². The van der Waals surface area contributed by atoms with E-state index in [1.807, 2.05) is 0 Å². The van der Waals surface area contributed by atoms with E-state index in [9.17, 15) is 0 Å². The van der Waals surface area contributed by atoms with Gasteiger partial charge in [-0.3, -0.25) is 0 Å². The fourth-order valence-corrected chi connectivity index (χ4v) is 2.78. The summed E-state index contributed by atoms with van der Waals surface area (Å²) < 4.78 is 0. The molecule has 1 nitrogen and oxygen atoms in total. The van der Waals surface area contributed by atoms with Crippen LogP contribution in [0.2, 0.25) is 0 Å². The van der Waals surface area contributed by atoms with E-state index in [0.717, 1.165) is 12.5 Å². The summed E-state index contributed by atoms with van der Waals surface area (Å²) in [6.07, 6.45) is 2.70. The third-order valence-electron chi connectivity index (χ3n) is 4.09. The maximum Gasteiger partial charge on any atom is 0.0103 e. The Hall–Kier alpha value is -0.820. The van der Waals surface area contributed by atoms with Crippen LogP contribution < -0.4 is 5.32 Å². The van der Waals surface area contributed by atoms with Crippen molar-refractivity contribution >= 4 is 0 Å². The number of rotatable bonds is 3. The van der Waals surface area contributed by atoms with Gasteiger partial charge >= 0.3 is 0 Å². The Bertz CT molecular complexity index is 328. The van der Waals surface area contributed by atoms with Crippen LogP contribution in [0.1, 0.15) is 30.9 Å². The lowest BCUT2D eigenvalue weighted by Gasteiger charge is -2.49. The van der Waals surface area contributed by atoms with E-state index in [1.54, 1.807) is 0 Å². The first-order valence-corrected chi connectivity index (χ1v) is 5.91. The molecule has 1 aromatic rings. The van der Waals surface area contributed by atoms with Crippen molar-refractivity contribution in [3.05, 3.63) is 35.4 Å². The van der Waals surface area contributed by atoms with Gasteiger partial charge in [0, 0.05) is 12.0 Å². The van der Waals surface area contributed by atoms with Gasteiger partial charge in [0.2, 0.25) is 0 Å². The summed E-state index contributed by atoms with van der Waals surface area (Å²) in [4.78, 5) is 0. The van der Waals surface area contributed by atoms with Crippen LogP contribution >= 0.6 is 0 Å². The number of hydrogen-bond acceptors (Lipinski definition) is 1. The van der Waals surface area contributed by atoms with Crippen LogP contribution in [0.25, 0.3) is 0 Å². The van der Waals surface area contributed by atoms with Gasteiger partial charge in [0.25, 0.3) is 0 Å². The lowest BCUT2D eigenvalue weighted by molar-refractivity contribution is 0.137. The highest BCUT2D eigenvalue weighted by Gasteiger charge is 2.44. The first-order chi connectivity index (χ1) is 7.19. The number of aryl methyl sites for hydroxylation is 1. The second kappa shape index (κ2) is 3.97. The number of likely N-dealkylation sites (N-methyl/N-ethyl adjacent to an activating group) is 1. The Morgan fingerprint density at radius 3 is 2.40 bits per heavy atom. The van der Waals surface area contributed by atoms with Gasteiger partial charge in [-0.2, -0.15) is 0 Å². The summed E-state index contributed by atoms with van der Waals surface area (Å²) in [6, 6.07) is 9.08. The first kappa shape index (κ1) is 10.7. The molecule has 1 aliphatic carbocycles. The molecule has 2 unspecified atom stereocenters. The average molecular weight is 203 g/mol. The molecule has 0 aliphatic heterocycles. The second-order valence-electron chi connectivity index (χ2n) is 4.99. The zero-order valence-corrected chi connectivity index (χ0v) is 10.0. The predicted octanol–water partition coefficient (Wildman–Crippen LogP) is 2.88. The maximum absolute atomic E-state index is 3.35. The van der Waals surface area contributed by atoms with E-state index < -0.39 is 0 Å². The molecule has 1 saturated carbocycles. The SMILES string of the molecule is CNCC1(c2ccc(C)cc2)CCC1C. The number of benzene rings is 1. The third-order valence-corrected chi connectivity index (χ3v) is 4.09. The highest BCUT2D eigenvalue weighted by molar-refractivity contribution is 5.32. The molecule has 0 bridgehead atoms. The number of hydrogen-bond donors (Lipinski definition) is 1. The molecular weight excluding hydrogens is 182 g/mol. The van der Waals surface area contributed by atoms with Crippen LogP contribution in [0, 0.1) is 12.8 Å². The van der Waals surface area contributed by atoms with Crippen LogP contribution in [0.5, 0.6) is 0 Å². The lowest BCUT2D eigenvalue weighted by atomic mass is 9.57. The molecule has 0 spiro atoms. The summed E-state index contributed by atoms with van der Waals surface area (Å²) in [5, 5.41) is 3.35. The fraction of sp³-hybridized carbons (Fsp3) is 0.571. The van der Waals surface area contributed by atoms with E-state index in [1.165, 1.54) is 24.0 Å². The third kappa shape index (κ3) is 1.69. The Kier molecular flexibility index (Phi) is 2.83. The molecule has 2 rings (SSSR count). The standard InChI is InChI=1S/C14H21N/c1-11-4-6-13(7-5-11)14(10-15-3)9-8-12(14)2/h4-7,12,15H,8-10H2,1-3H3. The fourth-order valence-electron chi connectivity index (χ4n) is 2.78. The Morgan fingerprint density at radius 1 is 1.33 bits per heavy atom. The molecule has 82 valence electrons. The van der Waals surface area contributed by atoms with E-state index in [2.05, 4.69) is 50.5 Å². The molecule has 0 amide bonds. The van der Waals surface area contributed by atoms with Crippen molar-refractivity contribution < 1.29 is 0 Å². The maximum atomic E-state index is 3.35. The van der Waals surface area contributed by atoms with Crippen molar-refractivity contribution in [2.24, 2.45) is 5.92 Å². The normalized spacial score (nSPS) is 29.9. The van der Waals surface area contributed by atoms with Gasteiger partial charge < -0.3 is 5.32 Å². The van der Waals surface area contributed by atoms with Crippen molar-refractivity contribution in [2.45, 2.75) is 32.1 Å². The molecule has 0 saturated heterocycles. The van der Waals surface area contributed by atoms with Gasteiger partial charge in [-0.05, 0) is 38.3 Å². The molecule has 1 N–H and O–H groups in total. The minimum absolute atomic E-state index is 0.405. The summed E-state index contributed by atoms with van der Waals surface area (Å²) in [5.74, 6) is 0.813. The highest BCUT2D eigenvalue weighted by Crippen LogP contribution is 2.48. The smallest absolute Gasteiger partial charge is 0.0103 e. The zero-order valence-electron chi connectivity index (χ0n) is 10.0. The van der Waals surface area contributed by atoms with Crippen LogP contribution in [0.3, 0.4) is 0 Å². The van der Waals surface area contributed by atoms with Crippen LogP contribution in [0.15, 0.2) is 24.3 Å². The molecule has 0 radical (unpaired) electrons. The zero-order chi connectivity index (χ0) is 10.9. The molecule has 1 heteroatoms. The largest absolute Gasteiger partial charge is 0.319 e. The van der Waals surface area contributed by atoms with Crippen molar-refractivity contribution in [1.82, 2.24) is 5.32 Å². The molecule has 15 heavy (non-hydrogen) atoms. The topological polar surface area (TPSA) is 12.0 Å². The average Bonchev–Trinajstić information content (AvgIpc) is 2.25. The van der Waals surface area contributed by atoms with Crippen molar-refractivity contribution in [3.63, 3.8) is 0 Å². The minimum Gasteiger partial charge on any atom is -0.319 e. The summed E-state index contributed by atoms with van der Waals surface area (Å²) >= 11 is 0. The first-order valence-electron chi connectivity index (χ1n) is 5.91. The van der Waals surface area contributed by atoms with Crippen LogP contribution in [-0.4, -0.2) is 13.6 Å². The molecular formula is C14H21N. The highest BCUT2D eigenvalue weighted by atomic mass is 14.8. The lowest BCUT2D eigenvalue weighted by Crippen LogP contribution is -2.49. The van der Waals surface area contributed by atoms with E-state index in [4.69, 9.17) is 0 Å². The van der Waals surface area contributed by atoms with E-state index >= 15 is 0 Å². The van der Waals surface area contributed by atoms with Crippen molar-refractivity contribution in [3.8, 4) is 0 Å². The van der Waals surface area contributed by atoms with Crippen molar-refractivity contribution in [2.75, 3.05) is 13.6 Å².